The Morgan fingerprint density at radius 1 is 1.25 bits per heavy atom. The quantitative estimate of drug-likeness (QED) is 0.718. The van der Waals surface area contributed by atoms with Crippen LogP contribution in [0.1, 0.15) is 5.56 Å². The molecule has 102 valence electrons. The summed E-state index contributed by atoms with van der Waals surface area (Å²) in [6, 6.07) is 10.4. The zero-order chi connectivity index (χ0) is 14.3. The number of hydrogen-bond acceptors (Lipinski definition) is 2. The second-order valence-corrected chi connectivity index (χ2v) is 4.94. The third kappa shape index (κ3) is 1.91. The van der Waals surface area contributed by atoms with E-state index in [2.05, 4.69) is 4.98 Å². The highest BCUT2D eigenvalue weighted by Crippen LogP contribution is 2.28. The van der Waals surface area contributed by atoms with Gasteiger partial charge < -0.3 is 9.72 Å². The number of para-hydroxylation sites is 1. The van der Waals surface area contributed by atoms with Gasteiger partial charge in [-0.3, -0.25) is 4.57 Å². The number of benzene rings is 2. The minimum absolute atomic E-state index is 0.254. The van der Waals surface area contributed by atoms with Crippen molar-refractivity contribution in [3.05, 3.63) is 52.5 Å². The van der Waals surface area contributed by atoms with Gasteiger partial charge in [0.2, 0.25) is 0 Å². The zero-order valence-electron chi connectivity index (χ0n) is 11.1. The summed E-state index contributed by atoms with van der Waals surface area (Å²) in [7, 11) is 1.62. The number of hydrogen-bond donors (Lipinski definition) is 1. The summed E-state index contributed by atoms with van der Waals surface area (Å²) in [4.78, 5) is 3.15. The predicted molar refractivity (Wildman–Crippen MR) is 79.7 cm³/mol. The van der Waals surface area contributed by atoms with Crippen molar-refractivity contribution in [2.24, 2.45) is 0 Å². The lowest BCUT2D eigenvalue weighted by Gasteiger charge is -2.09. The van der Waals surface area contributed by atoms with Crippen LogP contribution in [0.3, 0.4) is 0 Å². The molecule has 1 aromatic heterocycles. The lowest BCUT2D eigenvalue weighted by Crippen LogP contribution is -1.97. The molecule has 3 rings (SSSR count). The van der Waals surface area contributed by atoms with E-state index in [9.17, 15) is 4.39 Å². The molecule has 2 aromatic carbocycles. The van der Waals surface area contributed by atoms with Crippen molar-refractivity contribution >= 4 is 23.3 Å². The highest BCUT2D eigenvalue weighted by atomic mass is 32.1. The van der Waals surface area contributed by atoms with E-state index in [4.69, 9.17) is 17.0 Å². The van der Waals surface area contributed by atoms with E-state index >= 15 is 0 Å². The molecular weight excluding hydrogens is 275 g/mol. The fourth-order valence-electron chi connectivity index (χ4n) is 2.38. The SMILES string of the molecule is COc1cccc2c1[nH]c(=S)n2-c1ccc(F)cc1C. The average molecular weight is 288 g/mol. The standard InChI is InChI=1S/C15H13FN2OS/c1-9-8-10(16)6-7-11(9)18-12-4-3-5-13(19-2)14(12)17-15(18)20/h3-8H,1-2H3,(H,17,20). The van der Waals surface area contributed by atoms with Crippen molar-refractivity contribution in [1.82, 2.24) is 9.55 Å². The number of fused-ring (bicyclic) bond motifs is 1. The normalized spacial score (nSPS) is 10.9. The Bertz CT molecular complexity index is 851. The van der Waals surface area contributed by atoms with E-state index in [-0.39, 0.29) is 5.82 Å². The summed E-state index contributed by atoms with van der Waals surface area (Å²) in [5, 5.41) is 0. The van der Waals surface area contributed by atoms with Gasteiger partial charge in [0, 0.05) is 0 Å². The molecular formula is C15H13FN2OS. The third-order valence-electron chi connectivity index (χ3n) is 3.30. The number of imidazole rings is 1. The molecule has 0 saturated carbocycles. The first-order valence-electron chi connectivity index (χ1n) is 6.16. The molecule has 0 unspecified atom stereocenters. The number of ether oxygens (including phenoxy) is 1. The van der Waals surface area contributed by atoms with Gasteiger partial charge in [-0.15, -0.1) is 0 Å². The van der Waals surface area contributed by atoms with Crippen LogP contribution in [-0.4, -0.2) is 16.7 Å². The lowest BCUT2D eigenvalue weighted by molar-refractivity contribution is 0.419. The smallest absolute Gasteiger partial charge is 0.182 e. The molecule has 0 saturated heterocycles. The predicted octanol–water partition coefficient (Wildman–Crippen LogP) is 4.14. The molecule has 5 heteroatoms. The molecule has 0 aliphatic heterocycles. The van der Waals surface area contributed by atoms with E-state index < -0.39 is 0 Å². The number of halogens is 1. The fourth-order valence-corrected chi connectivity index (χ4v) is 2.68. The molecule has 0 radical (unpaired) electrons. The summed E-state index contributed by atoms with van der Waals surface area (Å²) in [5.41, 5.74) is 3.42. The first-order chi connectivity index (χ1) is 9.61. The lowest BCUT2D eigenvalue weighted by atomic mass is 10.2. The molecule has 0 bridgehead atoms. The Hall–Kier alpha value is -2.14. The van der Waals surface area contributed by atoms with Gasteiger partial charge in [0.25, 0.3) is 0 Å². The van der Waals surface area contributed by atoms with E-state index in [1.807, 2.05) is 29.7 Å². The van der Waals surface area contributed by atoms with E-state index in [0.29, 0.717) is 4.77 Å². The monoisotopic (exact) mass is 288 g/mol. The highest BCUT2D eigenvalue weighted by molar-refractivity contribution is 7.71. The van der Waals surface area contributed by atoms with Gasteiger partial charge in [0.05, 0.1) is 18.3 Å². The number of aromatic amines is 1. The van der Waals surface area contributed by atoms with Crippen molar-refractivity contribution in [2.75, 3.05) is 7.11 Å². The van der Waals surface area contributed by atoms with Crippen molar-refractivity contribution < 1.29 is 9.13 Å². The largest absolute Gasteiger partial charge is 0.494 e. The molecule has 1 N–H and O–H groups in total. The maximum Gasteiger partial charge on any atom is 0.182 e. The highest BCUT2D eigenvalue weighted by Gasteiger charge is 2.12. The van der Waals surface area contributed by atoms with Crippen molar-refractivity contribution in [2.45, 2.75) is 6.92 Å². The molecule has 0 aliphatic rings. The maximum absolute atomic E-state index is 13.3. The van der Waals surface area contributed by atoms with Crippen LogP contribution >= 0.6 is 12.2 Å². The minimum Gasteiger partial charge on any atom is -0.494 e. The van der Waals surface area contributed by atoms with Gasteiger partial charge in [-0.25, -0.2) is 4.39 Å². The number of aryl methyl sites for hydroxylation is 1. The third-order valence-corrected chi connectivity index (χ3v) is 3.58. The summed E-state index contributed by atoms with van der Waals surface area (Å²) in [5.74, 6) is 0.474. The van der Waals surface area contributed by atoms with Crippen LogP contribution in [0.5, 0.6) is 5.75 Å². The molecule has 0 fully saturated rings. The second kappa shape index (κ2) is 4.76. The topological polar surface area (TPSA) is 29.9 Å². The van der Waals surface area contributed by atoms with Crippen molar-refractivity contribution in [3.63, 3.8) is 0 Å². The molecule has 0 atom stereocenters. The van der Waals surface area contributed by atoms with Gasteiger partial charge in [-0.1, -0.05) is 6.07 Å². The van der Waals surface area contributed by atoms with E-state index in [0.717, 1.165) is 28.0 Å². The fraction of sp³-hybridized carbons (Fsp3) is 0.133. The summed E-state index contributed by atoms with van der Waals surface area (Å²) >= 11 is 5.39. The Labute approximate surface area is 120 Å². The Morgan fingerprint density at radius 3 is 2.75 bits per heavy atom. The number of aromatic nitrogens is 2. The Balaban J connectivity index is 2.37. The van der Waals surface area contributed by atoms with Gasteiger partial charge in [-0.2, -0.15) is 0 Å². The molecule has 0 spiro atoms. The number of nitrogens with zero attached hydrogens (tertiary/aromatic N) is 1. The molecule has 3 aromatic rings. The number of rotatable bonds is 2. The maximum atomic E-state index is 13.3. The van der Waals surface area contributed by atoms with Gasteiger partial charge in [0.1, 0.15) is 17.1 Å². The molecule has 1 heterocycles. The zero-order valence-corrected chi connectivity index (χ0v) is 11.9. The van der Waals surface area contributed by atoms with Crippen LogP contribution < -0.4 is 4.74 Å². The summed E-state index contributed by atoms with van der Waals surface area (Å²) in [6.45, 7) is 1.86. The van der Waals surface area contributed by atoms with Gasteiger partial charge in [-0.05, 0) is 55.0 Å². The van der Waals surface area contributed by atoms with Crippen LogP contribution in [0, 0.1) is 17.5 Å². The Kier molecular flexibility index (Phi) is 3.06. The van der Waals surface area contributed by atoms with Gasteiger partial charge in [0.15, 0.2) is 4.77 Å². The van der Waals surface area contributed by atoms with Crippen molar-refractivity contribution in [1.29, 1.82) is 0 Å². The van der Waals surface area contributed by atoms with Crippen LogP contribution in [0.4, 0.5) is 4.39 Å². The van der Waals surface area contributed by atoms with E-state index in [1.54, 1.807) is 13.2 Å². The van der Waals surface area contributed by atoms with Crippen LogP contribution in [0.25, 0.3) is 16.7 Å². The average Bonchev–Trinajstić information content (AvgIpc) is 2.75. The molecule has 0 amide bonds. The first-order valence-corrected chi connectivity index (χ1v) is 6.57. The molecule has 20 heavy (non-hydrogen) atoms. The number of methoxy groups -OCH3 is 1. The first kappa shape index (κ1) is 12.9. The van der Waals surface area contributed by atoms with Crippen LogP contribution in [-0.2, 0) is 0 Å². The summed E-state index contributed by atoms with van der Waals surface area (Å²) < 4.78 is 21.0. The minimum atomic E-state index is -0.254. The van der Waals surface area contributed by atoms with Crippen molar-refractivity contribution in [3.8, 4) is 11.4 Å². The van der Waals surface area contributed by atoms with Crippen LogP contribution in [0.15, 0.2) is 36.4 Å². The Morgan fingerprint density at radius 2 is 2.05 bits per heavy atom. The summed E-state index contributed by atoms with van der Waals surface area (Å²) in [6.07, 6.45) is 0. The van der Waals surface area contributed by atoms with Crippen LogP contribution in [0.2, 0.25) is 0 Å². The molecule has 3 nitrogen and oxygen atoms in total. The van der Waals surface area contributed by atoms with E-state index in [1.165, 1.54) is 12.1 Å². The number of H-pyrrole nitrogens is 1. The van der Waals surface area contributed by atoms with Gasteiger partial charge >= 0.3 is 0 Å². The molecule has 0 aliphatic carbocycles. The number of nitrogens with one attached hydrogen (secondary N) is 1. The second-order valence-electron chi connectivity index (χ2n) is 4.55.